The molecular formula is C42H39N3O7. The predicted octanol–water partition coefficient (Wildman–Crippen LogP) is 4.81. The highest BCUT2D eigenvalue weighted by molar-refractivity contribution is 6.06. The fraction of sp³-hybridized carbons (Fsp3) is 0.286. The van der Waals surface area contributed by atoms with Crippen LogP contribution >= 0.6 is 0 Å². The molecule has 52 heavy (non-hydrogen) atoms. The summed E-state index contributed by atoms with van der Waals surface area (Å²) in [6.07, 6.45) is 5.92. The highest BCUT2D eigenvalue weighted by Gasteiger charge is 2.72. The fourth-order valence-corrected chi connectivity index (χ4v) is 8.29. The van der Waals surface area contributed by atoms with Gasteiger partial charge in [0, 0.05) is 18.7 Å². The van der Waals surface area contributed by atoms with Gasteiger partial charge in [0.2, 0.25) is 11.8 Å². The highest BCUT2D eigenvalue weighted by atomic mass is 16.6. The quantitative estimate of drug-likeness (QED) is 0.227. The minimum Gasteiger partial charge on any atom is -0.455 e. The van der Waals surface area contributed by atoms with Crippen molar-refractivity contribution in [3.63, 3.8) is 0 Å². The average molecular weight is 698 g/mol. The number of benzene rings is 4. The van der Waals surface area contributed by atoms with Crippen LogP contribution in [0.3, 0.4) is 0 Å². The van der Waals surface area contributed by atoms with Gasteiger partial charge in [-0.1, -0.05) is 115 Å². The molecule has 4 aromatic rings. The Morgan fingerprint density at radius 3 is 2.35 bits per heavy atom. The fourth-order valence-electron chi connectivity index (χ4n) is 8.29. The summed E-state index contributed by atoms with van der Waals surface area (Å²) < 4.78 is 13.1. The zero-order valence-electron chi connectivity index (χ0n) is 28.4. The van der Waals surface area contributed by atoms with Crippen molar-refractivity contribution in [2.75, 3.05) is 24.6 Å². The normalized spacial score (nSPS) is 28.8. The average Bonchev–Trinajstić information content (AvgIpc) is 3.56. The SMILES string of the molecule is O=C1CC/C=C\[C@@H]2O[C@@]34C=CCN(c5ccc6ccccc6c5)C(=O)[C@@H]3N([C@H](CO)c3ccccc3)C(=O)[C@H]4[C@@H]2C(=O)O[C@@H](c2ccccc2)CN1. The summed E-state index contributed by atoms with van der Waals surface area (Å²) in [7, 11) is 0. The molecular weight excluding hydrogens is 658 g/mol. The summed E-state index contributed by atoms with van der Waals surface area (Å²) in [5, 5.41) is 15.8. The number of hydrogen-bond donors (Lipinski definition) is 2. The van der Waals surface area contributed by atoms with Gasteiger partial charge in [-0.15, -0.1) is 0 Å². The first-order chi connectivity index (χ1) is 25.4. The number of carbonyl (C=O) groups excluding carboxylic acids is 4. The minimum atomic E-state index is -1.57. The van der Waals surface area contributed by atoms with Gasteiger partial charge in [-0.25, -0.2) is 0 Å². The molecule has 0 radical (unpaired) electrons. The molecule has 0 unspecified atom stereocenters. The minimum absolute atomic E-state index is 0.0503. The van der Waals surface area contributed by atoms with E-state index in [4.69, 9.17) is 9.47 Å². The van der Waals surface area contributed by atoms with E-state index in [-0.39, 0.29) is 25.4 Å². The smallest absolute Gasteiger partial charge is 0.313 e. The van der Waals surface area contributed by atoms with Gasteiger partial charge in [-0.05, 0) is 40.5 Å². The Balaban J connectivity index is 1.25. The number of aliphatic hydroxyl groups is 1. The number of hydrogen-bond acceptors (Lipinski definition) is 7. The molecule has 2 N–H and O–H groups in total. The predicted molar refractivity (Wildman–Crippen MR) is 194 cm³/mol. The molecule has 2 saturated heterocycles. The Morgan fingerprint density at radius 1 is 0.846 bits per heavy atom. The number of fused-ring (bicyclic) bond motifs is 3. The maximum absolute atomic E-state index is 15.2. The van der Waals surface area contributed by atoms with E-state index in [0.717, 1.165) is 10.8 Å². The Labute approximate surface area is 301 Å². The van der Waals surface area contributed by atoms with Gasteiger partial charge in [-0.3, -0.25) is 19.2 Å². The summed E-state index contributed by atoms with van der Waals surface area (Å²) >= 11 is 0. The lowest BCUT2D eigenvalue weighted by molar-refractivity contribution is -0.160. The van der Waals surface area contributed by atoms with E-state index < -0.39 is 66.1 Å². The van der Waals surface area contributed by atoms with Gasteiger partial charge >= 0.3 is 5.97 Å². The standard InChI is InChI=1S/C42H39N3O7/c46-26-32(28-13-3-1-4-14-28)45-38-40(49)44(31-21-20-27-12-7-8-17-30(27)24-31)23-11-22-42(38)37(39(45)48)36-33(52-42)18-9-10-19-35(47)43-25-34(51-41(36)50)29-15-5-2-6-16-29/h1-9,11-18,20-22,24,32-34,36-38,46H,10,19,23,25-26H2,(H,43,47)/b18-9-/t32-,33+,34-,36-,37-,38+,42-/m1/s1. The van der Waals surface area contributed by atoms with Crippen molar-refractivity contribution in [1.82, 2.24) is 10.2 Å². The molecule has 264 valence electrons. The van der Waals surface area contributed by atoms with Crippen molar-refractivity contribution in [3.8, 4) is 0 Å². The summed E-state index contributed by atoms with van der Waals surface area (Å²) in [4.78, 5) is 60.6. The first kappa shape index (κ1) is 33.6. The zero-order chi connectivity index (χ0) is 35.8. The van der Waals surface area contributed by atoms with Crippen LogP contribution < -0.4 is 10.2 Å². The number of likely N-dealkylation sites (tertiary alicyclic amines) is 1. The van der Waals surface area contributed by atoms with E-state index in [2.05, 4.69) is 5.32 Å². The van der Waals surface area contributed by atoms with Crippen LogP contribution in [0.1, 0.15) is 36.1 Å². The lowest BCUT2D eigenvalue weighted by atomic mass is 9.77. The maximum Gasteiger partial charge on any atom is 0.313 e. The molecule has 2 fully saturated rings. The Morgan fingerprint density at radius 2 is 1.58 bits per heavy atom. The summed E-state index contributed by atoms with van der Waals surface area (Å²) in [5.41, 5.74) is 0.403. The second-order valence-corrected chi connectivity index (χ2v) is 13.7. The van der Waals surface area contributed by atoms with E-state index in [1.807, 2.05) is 109 Å². The molecule has 0 bridgehead atoms. The first-order valence-corrected chi connectivity index (χ1v) is 17.7. The van der Waals surface area contributed by atoms with Crippen LogP contribution in [0.5, 0.6) is 0 Å². The molecule has 4 aromatic carbocycles. The highest BCUT2D eigenvalue weighted by Crippen LogP contribution is 2.55. The molecule has 10 nitrogen and oxygen atoms in total. The largest absolute Gasteiger partial charge is 0.455 e. The molecule has 7 atom stereocenters. The maximum atomic E-state index is 15.2. The molecule has 4 heterocycles. The number of nitrogens with one attached hydrogen (secondary N) is 1. The van der Waals surface area contributed by atoms with Gasteiger partial charge in [0.1, 0.15) is 23.7 Å². The van der Waals surface area contributed by atoms with Gasteiger partial charge in [-0.2, -0.15) is 0 Å². The molecule has 10 heteroatoms. The Kier molecular flexibility index (Phi) is 8.94. The summed E-state index contributed by atoms with van der Waals surface area (Å²) in [5.74, 6) is -4.02. The Hall–Kier alpha value is -5.58. The number of carbonyl (C=O) groups is 4. The third-order valence-electron chi connectivity index (χ3n) is 10.7. The van der Waals surface area contributed by atoms with Gasteiger partial charge in [0.25, 0.3) is 5.91 Å². The zero-order valence-corrected chi connectivity index (χ0v) is 28.4. The van der Waals surface area contributed by atoms with E-state index >= 15 is 9.59 Å². The number of anilines is 1. The van der Waals surface area contributed by atoms with Crippen molar-refractivity contribution < 1.29 is 33.8 Å². The van der Waals surface area contributed by atoms with E-state index in [1.54, 1.807) is 23.1 Å². The number of aliphatic hydroxyl groups excluding tert-OH is 1. The number of amides is 3. The number of allylic oxidation sites excluding steroid dienone is 1. The van der Waals surface area contributed by atoms with Crippen molar-refractivity contribution in [3.05, 3.63) is 139 Å². The molecule has 1 spiro atoms. The molecule has 4 aliphatic heterocycles. The van der Waals surface area contributed by atoms with Crippen LogP contribution in [-0.2, 0) is 28.7 Å². The van der Waals surface area contributed by atoms with Crippen LogP contribution in [-0.4, -0.2) is 71.1 Å². The van der Waals surface area contributed by atoms with Crippen LogP contribution in [0, 0.1) is 11.8 Å². The van der Waals surface area contributed by atoms with Crippen LogP contribution in [0.2, 0.25) is 0 Å². The third kappa shape index (κ3) is 5.78. The second kappa shape index (κ2) is 13.9. The molecule has 3 amide bonds. The number of cyclic esters (lactones) is 1. The Bertz CT molecular complexity index is 2070. The van der Waals surface area contributed by atoms with Crippen LogP contribution in [0.25, 0.3) is 10.8 Å². The number of nitrogens with zero attached hydrogens (tertiary/aromatic N) is 2. The van der Waals surface area contributed by atoms with Gasteiger partial charge in [0.15, 0.2) is 0 Å². The number of esters is 1. The summed E-state index contributed by atoms with van der Waals surface area (Å²) in [6, 6.07) is 29.7. The van der Waals surface area contributed by atoms with Crippen LogP contribution in [0.15, 0.2) is 127 Å². The third-order valence-corrected chi connectivity index (χ3v) is 10.7. The lowest BCUT2D eigenvalue weighted by Crippen LogP contribution is -2.56. The number of rotatable bonds is 5. The van der Waals surface area contributed by atoms with E-state index in [0.29, 0.717) is 23.2 Å². The monoisotopic (exact) mass is 697 g/mol. The topological polar surface area (TPSA) is 125 Å². The molecule has 0 aromatic heterocycles. The van der Waals surface area contributed by atoms with E-state index in [9.17, 15) is 14.7 Å². The molecule has 0 aliphatic carbocycles. The summed E-state index contributed by atoms with van der Waals surface area (Å²) in [6.45, 7) is -0.215. The van der Waals surface area contributed by atoms with Crippen molar-refractivity contribution in [2.24, 2.45) is 11.8 Å². The molecule has 8 rings (SSSR count). The molecule has 4 aliphatic rings. The van der Waals surface area contributed by atoms with Crippen LogP contribution in [0.4, 0.5) is 5.69 Å². The lowest BCUT2D eigenvalue weighted by Gasteiger charge is -2.38. The second-order valence-electron chi connectivity index (χ2n) is 13.7. The number of ether oxygens (including phenoxy) is 2. The van der Waals surface area contributed by atoms with Crippen molar-refractivity contribution in [2.45, 2.75) is 42.7 Å². The first-order valence-electron chi connectivity index (χ1n) is 17.7. The van der Waals surface area contributed by atoms with Gasteiger partial charge < -0.3 is 29.7 Å². The van der Waals surface area contributed by atoms with Crippen molar-refractivity contribution >= 4 is 40.2 Å². The molecule has 0 saturated carbocycles. The van der Waals surface area contributed by atoms with Gasteiger partial charge in [0.05, 0.1) is 31.2 Å². The van der Waals surface area contributed by atoms with Crippen molar-refractivity contribution in [1.29, 1.82) is 0 Å². The van der Waals surface area contributed by atoms with E-state index in [1.165, 1.54) is 4.90 Å².